The van der Waals surface area contributed by atoms with Crippen molar-refractivity contribution >= 4 is 0 Å². The van der Waals surface area contributed by atoms with Crippen LogP contribution in [-0.4, -0.2) is 43.2 Å². The third kappa shape index (κ3) is 4.23. The van der Waals surface area contributed by atoms with Gasteiger partial charge in [0, 0.05) is 12.1 Å². The minimum Gasteiger partial charge on any atom is -0.328 e. The average molecular weight is 239 g/mol. The zero-order chi connectivity index (χ0) is 12.1. The highest BCUT2D eigenvalue weighted by atomic mass is 15.1. The summed E-state index contributed by atoms with van der Waals surface area (Å²) in [6, 6.07) is 1.22. The summed E-state index contributed by atoms with van der Waals surface area (Å²) in [4.78, 5) is 2.57. The summed E-state index contributed by atoms with van der Waals surface area (Å²) in [5.41, 5.74) is 5.93. The second-order valence-electron chi connectivity index (χ2n) is 5.90. The molecule has 17 heavy (non-hydrogen) atoms. The number of nitrogens with one attached hydrogen (secondary N) is 1. The van der Waals surface area contributed by atoms with Crippen molar-refractivity contribution < 1.29 is 0 Å². The van der Waals surface area contributed by atoms with Gasteiger partial charge in [0.1, 0.15) is 0 Å². The van der Waals surface area contributed by atoms with Crippen molar-refractivity contribution in [3.8, 4) is 0 Å². The molecule has 0 aromatic carbocycles. The molecule has 1 saturated carbocycles. The lowest BCUT2D eigenvalue weighted by atomic mass is 9.90. The second kappa shape index (κ2) is 6.72. The second-order valence-corrected chi connectivity index (χ2v) is 5.90. The van der Waals surface area contributed by atoms with E-state index in [-0.39, 0.29) is 0 Å². The predicted octanol–water partition coefficient (Wildman–Crippen LogP) is 1.58. The van der Waals surface area contributed by atoms with Crippen molar-refractivity contribution in [1.82, 2.24) is 10.2 Å². The molecule has 3 N–H and O–H groups in total. The molecule has 2 fully saturated rings. The Kier molecular flexibility index (Phi) is 5.26. The lowest BCUT2D eigenvalue weighted by Crippen LogP contribution is -2.42. The van der Waals surface area contributed by atoms with Crippen LogP contribution in [0.3, 0.4) is 0 Å². The average Bonchev–Trinajstić information content (AvgIpc) is 2.39. The molecule has 1 aliphatic carbocycles. The first-order chi connectivity index (χ1) is 8.28. The van der Waals surface area contributed by atoms with Gasteiger partial charge < -0.3 is 16.0 Å². The van der Waals surface area contributed by atoms with Crippen molar-refractivity contribution in [1.29, 1.82) is 0 Å². The van der Waals surface area contributed by atoms with E-state index in [1.54, 1.807) is 0 Å². The van der Waals surface area contributed by atoms with Crippen LogP contribution in [0.1, 0.15) is 45.4 Å². The molecular formula is C14H29N3. The maximum absolute atomic E-state index is 5.93. The molecule has 0 atom stereocenters. The first-order valence-electron chi connectivity index (χ1n) is 7.49. The summed E-state index contributed by atoms with van der Waals surface area (Å²) >= 11 is 0. The highest BCUT2D eigenvalue weighted by Gasteiger charge is 2.21. The van der Waals surface area contributed by atoms with Gasteiger partial charge in [-0.1, -0.05) is 6.92 Å². The van der Waals surface area contributed by atoms with Crippen molar-refractivity contribution in [2.45, 2.75) is 57.5 Å². The van der Waals surface area contributed by atoms with E-state index in [4.69, 9.17) is 5.73 Å². The van der Waals surface area contributed by atoms with E-state index >= 15 is 0 Å². The molecular weight excluding hydrogens is 210 g/mol. The summed E-state index contributed by atoms with van der Waals surface area (Å²) in [6.07, 6.45) is 7.77. The van der Waals surface area contributed by atoms with E-state index in [1.165, 1.54) is 64.7 Å². The molecule has 0 aromatic heterocycles. The Morgan fingerprint density at radius 3 is 2.29 bits per heavy atom. The number of nitrogens with zero attached hydrogens (tertiary/aromatic N) is 1. The lowest BCUT2D eigenvalue weighted by Gasteiger charge is -2.33. The third-order valence-corrected chi connectivity index (χ3v) is 4.62. The summed E-state index contributed by atoms with van der Waals surface area (Å²) in [7, 11) is 0. The van der Waals surface area contributed by atoms with Gasteiger partial charge in [-0.2, -0.15) is 0 Å². The molecule has 0 amide bonds. The standard InChI is InChI=1S/C14H29N3/c1-2-17-9-7-12(8-10-17)11-16-14-5-3-13(15)4-6-14/h12-14,16H,2-11,15H2,1H3. The predicted molar refractivity (Wildman–Crippen MR) is 73.1 cm³/mol. The molecule has 0 spiro atoms. The summed E-state index contributed by atoms with van der Waals surface area (Å²) in [5, 5.41) is 3.77. The number of nitrogens with two attached hydrogens (primary N) is 1. The van der Waals surface area contributed by atoms with Crippen molar-refractivity contribution in [3.63, 3.8) is 0 Å². The molecule has 2 aliphatic rings. The number of rotatable bonds is 4. The number of likely N-dealkylation sites (tertiary alicyclic amines) is 1. The van der Waals surface area contributed by atoms with Crippen LogP contribution in [0.15, 0.2) is 0 Å². The van der Waals surface area contributed by atoms with E-state index < -0.39 is 0 Å². The van der Waals surface area contributed by atoms with E-state index in [0.717, 1.165) is 12.0 Å². The van der Waals surface area contributed by atoms with Crippen molar-refractivity contribution in [3.05, 3.63) is 0 Å². The zero-order valence-electron chi connectivity index (χ0n) is 11.3. The summed E-state index contributed by atoms with van der Waals surface area (Å²) < 4.78 is 0. The van der Waals surface area contributed by atoms with E-state index in [9.17, 15) is 0 Å². The molecule has 2 rings (SSSR count). The Hall–Kier alpha value is -0.120. The fraction of sp³-hybridized carbons (Fsp3) is 1.00. The molecule has 1 aliphatic heterocycles. The molecule has 1 heterocycles. The van der Waals surface area contributed by atoms with Crippen LogP contribution in [0.25, 0.3) is 0 Å². The maximum Gasteiger partial charge on any atom is 0.00683 e. The summed E-state index contributed by atoms with van der Waals surface area (Å²) in [5.74, 6) is 0.911. The number of hydrogen-bond acceptors (Lipinski definition) is 3. The van der Waals surface area contributed by atoms with E-state index in [0.29, 0.717) is 6.04 Å². The molecule has 1 saturated heterocycles. The van der Waals surface area contributed by atoms with Gasteiger partial charge in [0.15, 0.2) is 0 Å². The van der Waals surface area contributed by atoms with Crippen LogP contribution < -0.4 is 11.1 Å². The van der Waals surface area contributed by atoms with Crippen LogP contribution in [0.4, 0.5) is 0 Å². The van der Waals surface area contributed by atoms with Crippen LogP contribution in [0.2, 0.25) is 0 Å². The van der Waals surface area contributed by atoms with Crippen LogP contribution >= 0.6 is 0 Å². The number of piperidine rings is 1. The molecule has 3 heteroatoms. The minimum absolute atomic E-state index is 0.473. The van der Waals surface area contributed by atoms with Crippen molar-refractivity contribution in [2.75, 3.05) is 26.2 Å². The van der Waals surface area contributed by atoms with Gasteiger partial charge in [-0.25, -0.2) is 0 Å². The van der Waals surface area contributed by atoms with Gasteiger partial charge in [0.25, 0.3) is 0 Å². The largest absolute Gasteiger partial charge is 0.328 e. The summed E-state index contributed by atoms with van der Waals surface area (Å²) in [6.45, 7) is 7.33. The highest BCUT2D eigenvalue weighted by molar-refractivity contribution is 4.81. The normalized spacial score (nSPS) is 32.8. The van der Waals surface area contributed by atoms with Crippen LogP contribution in [0.5, 0.6) is 0 Å². The van der Waals surface area contributed by atoms with Crippen molar-refractivity contribution in [2.24, 2.45) is 11.7 Å². The Morgan fingerprint density at radius 2 is 1.71 bits per heavy atom. The Morgan fingerprint density at radius 1 is 1.06 bits per heavy atom. The van der Waals surface area contributed by atoms with Gasteiger partial charge in [0.2, 0.25) is 0 Å². The smallest absolute Gasteiger partial charge is 0.00683 e. The minimum atomic E-state index is 0.473. The van der Waals surface area contributed by atoms with Gasteiger partial charge in [-0.3, -0.25) is 0 Å². The SMILES string of the molecule is CCN1CCC(CNC2CCC(N)CC2)CC1. The maximum atomic E-state index is 5.93. The quantitative estimate of drug-likeness (QED) is 0.782. The topological polar surface area (TPSA) is 41.3 Å². The zero-order valence-corrected chi connectivity index (χ0v) is 11.3. The van der Waals surface area contributed by atoms with Gasteiger partial charge >= 0.3 is 0 Å². The van der Waals surface area contributed by atoms with E-state index in [1.807, 2.05) is 0 Å². The first kappa shape index (κ1) is 13.3. The molecule has 3 nitrogen and oxygen atoms in total. The number of hydrogen-bond donors (Lipinski definition) is 2. The third-order valence-electron chi connectivity index (χ3n) is 4.62. The Balaban J connectivity index is 1.59. The Bertz CT molecular complexity index is 204. The monoisotopic (exact) mass is 239 g/mol. The van der Waals surface area contributed by atoms with Gasteiger partial charge in [-0.05, 0) is 70.6 Å². The molecule has 100 valence electrons. The molecule has 0 bridgehead atoms. The van der Waals surface area contributed by atoms with Crippen LogP contribution in [0, 0.1) is 5.92 Å². The fourth-order valence-electron chi connectivity index (χ4n) is 3.16. The molecule has 0 unspecified atom stereocenters. The van der Waals surface area contributed by atoms with Gasteiger partial charge in [-0.15, -0.1) is 0 Å². The van der Waals surface area contributed by atoms with Crippen LogP contribution in [-0.2, 0) is 0 Å². The van der Waals surface area contributed by atoms with E-state index in [2.05, 4.69) is 17.1 Å². The highest BCUT2D eigenvalue weighted by Crippen LogP contribution is 2.19. The van der Waals surface area contributed by atoms with Gasteiger partial charge in [0.05, 0.1) is 0 Å². The molecule has 0 aromatic rings. The lowest BCUT2D eigenvalue weighted by molar-refractivity contribution is 0.184. The molecule has 0 radical (unpaired) electrons. The Labute approximate surface area is 106 Å². The first-order valence-corrected chi connectivity index (χ1v) is 7.49. The fourth-order valence-corrected chi connectivity index (χ4v) is 3.16.